The molecule has 1 aromatic heterocycles. The summed E-state index contributed by atoms with van der Waals surface area (Å²) in [5, 5.41) is 2.90. The summed E-state index contributed by atoms with van der Waals surface area (Å²) in [5.41, 5.74) is 5.88. The molecule has 0 atom stereocenters. The molecular formula is C19H21F2N3O2S. The van der Waals surface area contributed by atoms with Gasteiger partial charge in [-0.05, 0) is 56.2 Å². The Kier molecular flexibility index (Phi) is 6.28. The number of rotatable bonds is 5. The lowest BCUT2D eigenvalue weighted by Crippen LogP contribution is -2.40. The number of ether oxygens (including phenoxy) is 1. The first-order valence-electron chi connectivity index (χ1n) is 8.69. The highest BCUT2D eigenvalue weighted by atomic mass is 32.2. The molecule has 2 aromatic rings. The Bertz CT molecular complexity index is 827. The maximum Gasteiger partial charge on any atom is 0.257 e. The Morgan fingerprint density at radius 2 is 2.00 bits per heavy atom. The minimum Gasteiger partial charge on any atom is -0.438 e. The van der Waals surface area contributed by atoms with E-state index >= 15 is 0 Å². The minimum absolute atomic E-state index is 0.0000940. The summed E-state index contributed by atoms with van der Waals surface area (Å²) in [5.74, 6) is -1.17. The van der Waals surface area contributed by atoms with Crippen molar-refractivity contribution in [3.63, 3.8) is 0 Å². The molecule has 0 radical (unpaired) electrons. The number of nitrogens with zero attached hydrogens (tertiary/aromatic N) is 1. The highest BCUT2D eigenvalue weighted by Gasteiger charge is 2.23. The third kappa shape index (κ3) is 4.95. The molecule has 1 aliphatic carbocycles. The fourth-order valence-electron chi connectivity index (χ4n) is 3.01. The fourth-order valence-corrected chi connectivity index (χ4v) is 3.51. The van der Waals surface area contributed by atoms with Crippen molar-refractivity contribution in [2.75, 3.05) is 6.26 Å². The molecule has 27 heavy (non-hydrogen) atoms. The van der Waals surface area contributed by atoms with Gasteiger partial charge >= 0.3 is 0 Å². The molecule has 3 rings (SSSR count). The number of hydrogen-bond acceptors (Lipinski definition) is 5. The molecule has 0 spiro atoms. The normalized spacial score (nSPS) is 19.6. The minimum atomic E-state index is -0.637. The van der Waals surface area contributed by atoms with Crippen LogP contribution in [0.5, 0.6) is 11.6 Å². The molecule has 1 saturated carbocycles. The number of amides is 1. The zero-order chi connectivity index (χ0) is 19.4. The first-order valence-corrected chi connectivity index (χ1v) is 9.92. The monoisotopic (exact) mass is 393 g/mol. The van der Waals surface area contributed by atoms with Crippen LogP contribution in [0.3, 0.4) is 0 Å². The maximum atomic E-state index is 13.7. The maximum absolute atomic E-state index is 13.7. The van der Waals surface area contributed by atoms with Crippen LogP contribution in [0, 0.1) is 11.6 Å². The number of benzene rings is 1. The number of nitrogens with two attached hydrogens (primary N) is 1. The molecule has 0 aliphatic heterocycles. The Morgan fingerprint density at radius 3 is 2.70 bits per heavy atom. The quantitative estimate of drug-likeness (QED) is 0.754. The third-order valence-electron chi connectivity index (χ3n) is 4.51. The van der Waals surface area contributed by atoms with Crippen LogP contribution in [0.2, 0.25) is 0 Å². The number of thioether (sulfide) groups is 1. The second kappa shape index (κ2) is 8.67. The smallest absolute Gasteiger partial charge is 0.257 e. The van der Waals surface area contributed by atoms with Gasteiger partial charge in [-0.25, -0.2) is 13.8 Å². The van der Waals surface area contributed by atoms with Crippen molar-refractivity contribution in [2.45, 2.75) is 42.7 Å². The van der Waals surface area contributed by atoms with E-state index in [1.807, 2.05) is 0 Å². The van der Waals surface area contributed by atoms with E-state index in [2.05, 4.69) is 10.3 Å². The molecule has 1 aliphatic rings. The van der Waals surface area contributed by atoms with Crippen LogP contribution in [0.1, 0.15) is 36.0 Å². The largest absolute Gasteiger partial charge is 0.438 e. The Labute approximate surface area is 160 Å². The van der Waals surface area contributed by atoms with Crippen molar-refractivity contribution in [2.24, 2.45) is 5.73 Å². The van der Waals surface area contributed by atoms with Gasteiger partial charge in [-0.3, -0.25) is 4.79 Å². The molecule has 1 amide bonds. The van der Waals surface area contributed by atoms with E-state index in [9.17, 15) is 13.6 Å². The summed E-state index contributed by atoms with van der Waals surface area (Å²) in [6.07, 6.45) is 5.95. The SMILES string of the molecule is CSc1cc(Oc2ncc(F)cc2C(=O)NC2CCC(N)CC2)ccc1F. The van der Waals surface area contributed by atoms with E-state index < -0.39 is 11.7 Å². The van der Waals surface area contributed by atoms with Gasteiger partial charge in [-0.2, -0.15) is 0 Å². The fraction of sp³-hybridized carbons (Fsp3) is 0.368. The Balaban J connectivity index is 1.79. The van der Waals surface area contributed by atoms with Crippen LogP contribution in [0.25, 0.3) is 0 Å². The topological polar surface area (TPSA) is 77.2 Å². The number of pyridine rings is 1. The first kappa shape index (κ1) is 19.6. The summed E-state index contributed by atoms with van der Waals surface area (Å²) >= 11 is 1.23. The lowest BCUT2D eigenvalue weighted by atomic mass is 9.91. The molecule has 1 heterocycles. The van der Waals surface area contributed by atoms with Crippen molar-refractivity contribution in [1.29, 1.82) is 0 Å². The number of aromatic nitrogens is 1. The van der Waals surface area contributed by atoms with E-state index in [0.29, 0.717) is 10.6 Å². The van der Waals surface area contributed by atoms with Crippen molar-refractivity contribution < 1.29 is 18.3 Å². The van der Waals surface area contributed by atoms with Crippen molar-refractivity contribution in [3.8, 4) is 11.6 Å². The number of carbonyl (C=O) groups is 1. The van der Waals surface area contributed by atoms with Gasteiger partial charge in [0.25, 0.3) is 5.91 Å². The van der Waals surface area contributed by atoms with Gasteiger partial charge in [0.15, 0.2) is 0 Å². The molecule has 0 bridgehead atoms. The lowest BCUT2D eigenvalue weighted by Gasteiger charge is -2.27. The summed E-state index contributed by atoms with van der Waals surface area (Å²) < 4.78 is 33.0. The lowest BCUT2D eigenvalue weighted by molar-refractivity contribution is 0.0922. The number of halogens is 2. The molecule has 3 N–H and O–H groups in total. The number of nitrogens with one attached hydrogen (secondary N) is 1. The van der Waals surface area contributed by atoms with Crippen LogP contribution in [0.4, 0.5) is 8.78 Å². The number of hydrogen-bond donors (Lipinski definition) is 2. The van der Waals surface area contributed by atoms with Gasteiger partial charge in [0.05, 0.1) is 6.20 Å². The van der Waals surface area contributed by atoms with Crippen molar-refractivity contribution in [3.05, 3.63) is 47.7 Å². The van der Waals surface area contributed by atoms with Gasteiger partial charge in [0.2, 0.25) is 5.88 Å². The molecule has 8 heteroatoms. The van der Waals surface area contributed by atoms with Crippen molar-refractivity contribution in [1.82, 2.24) is 10.3 Å². The molecule has 144 valence electrons. The van der Waals surface area contributed by atoms with Gasteiger partial charge in [0, 0.05) is 17.0 Å². The van der Waals surface area contributed by atoms with E-state index in [0.717, 1.165) is 37.9 Å². The van der Waals surface area contributed by atoms with Crippen LogP contribution in [-0.4, -0.2) is 29.2 Å². The molecular weight excluding hydrogens is 372 g/mol. The zero-order valence-corrected chi connectivity index (χ0v) is 15.7. The predicted octanol–water partition coefficient (Wildman–Crippen LogP) is 3.87. The summed E-state index contributed by atoms with van der Waals surface area (Å²) in [4.78, 5) is 16.9. The standard InChI is InChI=1S/C19H21F2N3O2S/c1-27-17-9-14(6-7-16(17)21)26-19-15(8-11(20)10-23-19)18(25)24-13-4-2-12(22)3-5-13/h6-10,12-13H,2-5,22H2,1H3,(H,24,25). The van der Waals surface area contributed by atoms with Crippen LogP contribution in [0.15, 0.2) is 35.4 Å². The molecule has 1 fully saturated rings. The van der Waals surface area contributed by atoms with Gasteiger partial charge in [-0.1, -0.05) is 0 Å². The van der Waals surface area contributed by atoms with E-state index in [1.54, 1.807) is 6.26 Å². The Hall–Kier alpha value is -2.19. The third-order valence-corrected chi connectivity index (χ3v) is 5.26. The molecule has 0 unspecified atom stereocenters. The summed E-state index contributed by atoms with van der Waals surface area (Å²) in [6.45, 7) is 0. The second-order valence-electron chi connectivity index (χ2n) is 6.49. The highest BCUT2D eigenvalue weighted by molar-refractivity contribution is 7.98. The van der Waals surface area contributed by atoms with E-state index in [4.69, 9.17) is 10.5 Å². The zero-order valence-electron chi connectivity index (χ0n) is 14.9. The average molecular weight is 393 g/mol. The number of carbonyl (C=O) groups excluding carboxylic acids is 1. The summed E-state index contributed by atoms with van der Waals surface area (Å²) in [6, 6.07) is 5.46. The molecule has 1 aromatic carbocycles. The van der Waals surface area contributed by atoms with Crippen LogP contribution >= 0.6 is 11.8 Å². The average Bonchev–Trinajstić information content (AvgIpc) is 2.66. The van der Waals surface area contributed by atoms with Gasteiger partial charge in [-0.15, -0.1) is 11.8 Å². The molecule has 5 nitrogen and oxygen atoms in total. The Morgan fingerprint density at radius 1 is 1.26 bits per heavy atom. The summed E-state index contributed by atoms with van der Waals surface area (Å²) in [7, 11) is 0. The predicted molar refractivity (Wildman–Crippen MR) is 100 cm³/mol. The molecule has 0 saturated heterocycles. The van der Waals surface area contributed by atoms with Crippen molar-refractivity contribution >= 4 is 17.7 Å². The second-order valence-corrected chi connectivity index (χ2v) is 7.34. The van der Waals surface area contributed by atoms with Gasteiger partial charge in [0.1, 0.15) is 22.9 Å². The van der Waals surface area contributed by atoms with Crippen LogP contribution in [-0.2, 0) is 0 Å². The first-order chi connectivity index (χ1) is 13.0. The van der Waals surface area contributed by atoms with E-state index in [-0.39, 0.29) is 29.3 Å². The highest BCUT2D eigenvalue weighted by Crippen LogP contribution is 2.29. The van der Waals surface area contributed by atoms with E-state index in [1.165, 1.54) is 30.0 Å². The van der Waals surface area contributed by atoms with Gasteiger partial charge < -0.3 is 15.8 Å². The van der Waals surface area contributed by atoms with Crippen LogP contribution < -0.4 is 15.8 Å².